The molecular weight excluding hydrogens is 214 g/mol. The molecule has 5 heteroatoms. The Morgan fingerprint density at radius 2 is 2.00 bits per heavy atom. The third-order valence-electron chi connectivity index (χ3n) is 1.99. The number of carbonyl (C=O) groups excluding carboxylic acids is 1. The number of nitrogens with one attached hydrogen (secondary N) is 1. The fraction of sp³-hybridized carbons (Fsp3) is 0.300. The van der Waals surface area contributed by atoms with Crippen LogP contribution in [0.4, 0.5) is 0 Å². The second kappa shape index (κ2) is 4.93. The van der Waals surface area contributed by atoms with Crippen LogP contribution in [-0.4, -0.2) is 27.6 Å². The number of carbonyl (C=O) groups is 1. The second-order valence-corrected chi connectivity index (χ2v) is 5.19. The van der Waals surface area contributed by atoms with Gasteiger partial charge in [-0.1, -0.05) is 18.2 Å². The van der Waals surface area contributed by atoms with E-state index in [0.717, 1.165) is 5.56 Å². The van der Waals surface area contributed by atoms with Crippen molar-refractivity contribution in [2.45, 2.75) is 11.3 Å². The second-order valence-electron chi connectivity index (χ2n) is 3.20. The van der Waals surface area contributed by atoms with E-state index < -0.39 is 9.84 Å². The van der Waals surface area contributed by atoms with E-state index in [4.69, 9.17) is 0 Å². The van der Waals surface area contributed by atoms with Crippen LogP contribution in [0.15, 0.2) is 29.2 Å². The van der Waals surface area contributed by atoms with Crippen molar-refractivity contribution in [1.29, 1.82) is 0 Å². The monoisotopic (exact) mass is 227 g/mol. The molecule has 1 rings (SSSR count). The molecule has 1 aromatic rings. The van der Waals surface area contributed by atoms with E-state index in [9.17, 15) is 13.2 Å². The Labute approximate surface area is 89.2 Å². The van der Waals surface area contributed by atoms with Crippen molar-refractivity contribution in [2.75, 3.05) is 12.8 Å². The Hall–Kier alpha value is -1.36. The highest BCUT2D eigenvalue weighted by Crippen LogP contribution is 2.15. The van der Waals surface area contributed by atoms with E-state index in [1.807, 2.05) is 0 Å². The van der Waals surface area contributed by atoms with E-state index in [0.29, 0.717) is 24.3 Å². The summed E-state index contributed by atoms with van der Waals surface area (Å²) in [5.74, 6) is 0. The maximum absolute atomic E-state index is 11.4. The van der Waals surface area contributed by atoms with E-state index in [-0.39, 0.29) is 0 Å². The molecular formula is C10H13NO3S. The van der Waals surface area contributed by atoms with Gasteiger partial charge in [0.2, 0.25) is 6.41 Å². The first-order valence-electron chi connectivity index (χ1n) is 4.50. The predicted molar refractivity (Wildman–Crippen MR) is 57.3 cm³/mol. The number of rotatable bonds is 5. The standard InChI is InChI=1S/C10H13NO3S/c1-15(13,14)10-5-3-2-4-9(10)6-7-11-8-12/h2-5,8H,6-7H2,1H3,(H,11,12). The molecule has 0 spiro atoms. The molecule has 0 heterocycles. The zero-order chi connectivity index (χ0) is 11.3. The summed E-state index contributed by atoms with van der Waals surface area (Å²) in [5, 5.41) is 2.50. The SMILES string of the molecule is CS(=O)(=O)c1ccccc1CCNC=O. The van der Waals surface area contributed by atoms with Crippen molar-refractivity contribution in [3.63, 3.8) is 0 Å². The van der Waals surface area contributed by atoms with Crippen molar-refractivity contribution in [3.8, 4) is 0 Å². The lowest BCUT2D eigenvalue weighted by Gasteiger charge is -2.06. The molecule has 1 amide bonds. The zero-order valence-electron chi connectivity index (χ0n) is 8.43. The van der Waals surface area contributed by atoms with Gasteiger partial charge in [-0.3, -0.25) is 4.79 Å². The van der Waals surface area contributed by atoms with Gasteiger partial charge >= 0.3 is 0 Å². The van der Waals surface area contributed by atoms with Crippen LogP contribution in [0.5, 0.6) is 0 Å². The number of hydrogen-bond acceptors (Lipinski definition) is 3. The van der Waals surface area contributed by atoms with Gasteiger partial charge in [0.15, 0.2) is 9.84 Å². The molecule has 1 N–H and O–H groups in total. The highest BCUT2D eigenvalue weighted by atomic mass is 32.2. The van der Waals surface area contributed by atoms with Gasteiger partial charge in [0.1, 0.15) is 0 Å². The molecule has 0 aromatic heterocycles. The van der Waals surface area contributed by atoms with Gasteiger partial charge in [0.25, 0.3) is 0 Å². The van der Waals surface area contributed by atoms with Crippen LogP contribution in [0.3, 0.4) is 0 Å². The third kappa shape index (κ3) is 3.36. The van der Waals surface area contributed by atoms with Crippen molar-refractivity contribution < 1.29 is 13.2 Å². The van der Waals surface area contributed by atoms with E-state index in [1.54, 1.807) is 24.3 Å². The summed E-state index contributed by atoms with van der Waals surface area (Å²) in [7, 11) is -3.19. The minimum atomic E-state index is -3.19. The lowest BCUT2D eigenvalue weighted by atomic mass is 10.1. The van der Waals surface area contributed by atoms with Gasteiger partial charge < -0.3 is 5.32 Å². The molecule has 15 heavy (non-hydrogen) atoms. The summed E-state index contributed by atoms with van der Waals surface area (Å²) in [6, 6.07) is 6.80. The molecule has 0 fully saturated rings. The fourth-order valence-electron chi connectivity index (χ4n) is 1.34. The molecule has 0 radical (unpaired) electrons. The molecule has 0 aliphatic rings. The largest absolute Gasteiger partial charge is 0.358 e. The molecule has 0 atom stereocenters. The van der Waals surface area contributed by atoms with Crippen LogP contribution < -0.4 is 5.32 Å². The predicted octanol–water partition coefficient (Wildman–Crippen LogP) is 0.379. The first-order valence-corrected chi connectivity index (χ1v) is 6.40. The maximum Gasteiger partial charge on any atom is 0.207 e. The zero-order valence-corrected chi connectivity index (χ0v) is 9.25. The first kappa shape index (κ1) is 11.7. The molecule has 4 nitrogen and oxygen atoms in total. The Balaban J connectivity index is 2.92. The number of sulfone groups is 1. The summed E-state index contributed by atoms with van der Waals surface area (Å²) < 4.78 is 22.8. The molecule has 0 saturated carbocycles. The highest BCUT2D eigenvalue weighted by Gasteiger charge is 2.11. The summed E-state index contributed by atoms with van der Waals surface area (Å²) in [5.41, 5.74) is 0.731. The molecule has 0 bridgehead atoms. The molecule has 0 unspecified atom stereocenters. The average molecular weight is 227 g/mol. The smallest absolute Gasteiger partial charge is 0.207 e. The van der Waals surface area contributed by atoms with E-state index >= 15 is 0 Å². The van der Waals surface area contributed by atoms with Crippen LogP contribution in [0, 0.1) is 0 Å². The molecule has 0 saturated heterocycles. The number of benzene rings is 1. The topological polar surface area (TPSA) is 63.2 Å². The van der Waals surface area contributed by atoms with Gasteiger partial charge in [0, 0.05) is 12.8 Å². The highest BCUT2D eigenvalue weighted by molar-refractivity contribution is 7.90. The number of amides is 1. The van der Waals surface area contributed by atoms with Crippen molar-refractivity contribution in [3.05, 3.63) is 29.8 Å². The van der Waals surface area contributed by atoms with E-state index in [1.165, 1.54) is 6.26 Å². The van der Waals surface area contributed by atoms with Crippen LogP contribution in [0.1, 0.15) is 5.56 Å². The molecule has 82 valence electrons. The first-order chi connectivity index (χ1) is 7.05. The molecule has 1 aromatic carbocycles. The van der Waals surface area contributed by atoms with Crippen LogP contribution in [-0.2, 0) is 21.1 Å². The van der Waals surface area contributed by atoms with Gasteiger partial charge in [-0.15, -0.1) is 0 Å². The van der Waals surface area contributed by atoms with Crippen molar-refractivity contribution in [1.82, 2.24) is 5.32 Å². The number of hydrogen-bond donors (Lipinski definition) is 1. The minimum Gasteiger partial charge on any atom is -0.358 e. The third-order valence-corrected chi connectivity index (χ3v) is 3.19. The van der Waals surface area contributed by atoms with Crippen LogP contribution >= 0.6 is 0 Å². The Morgan fingerprint density at radius 3 is 2.60 bits per heavy atom. The van der Waals surface area contributed by atoms with Crippen LogP contribution in [0.2, 0.25) is 0 Å². The minimum absolute atomic E-state index is 0.331. The summed E-state index contributed by atoms with van der Waals surface area (Å²) in [6.07, 6.45) is 2.30. The lowest BCUT2D eigenvalue weighted by molar-refractivity contribution is -0.109. The Kier molecular flexibility index (Phi) is 3.85. The quantitative estimate of drug-likeness (QED) is 0.584. The Bertz CT molecular complexity index is 440. The van der Waals surface area contributed by atoms with Crippen molar-refractivity contribution >= 4 is 16.2 Å². The average Bonchev–Trinajstić information content (AvgIpc) is 2.17. The lowest BCUT2D eigenvalue weighted by Crippen LogP contribution is -2.15. The van der Waals surface area contributed by atoms with Gasteiger partial charge in [0.05, 0.1) is 4.90 Å². The van der Waals surface area contributed by atoms with Gasteiger partial charge in [-0.05, 0) is 18.1 Å². The molecule has 0 aliphatic heterocycles. The summed E-state index contributed by atoms with van der Waals surface area (Å²) in [6.45, 7) is 0.441. The van der Waals surface area contributed by atoms with Crippen LogP contribution in [0.25, 0.3) is 0 Å². The molecule has 0 aliphatic carbocycles. The fourth-order valence-corrected chi connectivity index (χ4v) is 2.31. The van der Waals surface area contributed by atoms with Crippen molar-refractivity contribution in [2.24, 2.45) is 0 Å². The summed E-state index contributed by atoms with van der Waals surface area (Å²) in [4.78, 5) is 10.4. The van der Waals surface area contributed by atoms with Gasteiger partial charge in [-0.25, -0.2) is 8.42 Å². The van der Waals surface area contributed by atoms with Gasteiger partial charge in [-0.2, -0.15) is 0 Å². The summed E-state index contributed by atoms with van der Waals surface area (Å²) >= 11 is 0. The maximum atomic E-state index is 11.4. The van der Waals surface area contributed by atoms with E-state index in [2.05, 4.69) is 5.32 Å². The normalized spacial score (nSPS) is 11.0. The Morgan fingerprint density at radius 1 is 1.33 bits per heavy atom.